The molecular weight excluding hydrogens is 713 g/mol. The summed E-state index contributed by atoms with van der Waals surface area (Å²) in [7, 11) is 0. The second-order valence-electron chi connectivity index (χ2n) is 16.2. The average Bonchev–Trinajstić information content (AvgIpc) is 3.53. The highest BCUT2D eigenvalue weighted by atomic mass is 14.9. The van der Waals surface area contributed by atoms with E-state index >= 15 is 0 Å². The van der Waals surface area contributed by atoms with Crippen LogP contribution in [-0.2, 0) is 5.41 Å². The van der Waals surface area contributed by atoms with E-state index in [-0.39, 0.29) is 5.41 Å². The van der Waals surface area contributed by atoms with E-state index in [0.717, 1.165) is 33.5 Å². The standard InChI is InChI=1S/C57H40N2/c1-57(2)52-25-11-10-23-49(52)50-31-30-42(35-53(50)57)41-18-12-19-43(34-41)46-32-33-51(48-22-9-8-21-47(46)48)55-36-54(58-56(59-55)40-15-4-3-5-16-40)39-28-26-38(27-29-39)45-24-13-17-37-14-6-7-20-44(37)45/h3-36H,1-2H3. The summed E-state index contributed by atoms with van der Waals surface area (Å²) < 4.78 is 0. The summed E-state index contributed by atoms with van der Waals surface area (Å²) in [5.41, 5.74) is 17.6. The van der Waals surface area contributed by atoms with Gasteiger partial charge in [-0.15, -0.1) is 0 Å². The molecule has 2 heteroatoms. The first-order valence-electron chi connectivity index (χ1n) is 20.4. The fourth-order valence-corrected chi connectivity index (χ4v) is 9.27. The van der Waals surface area contributed by atoms with Crippen LogP contribution in [0.15, 0.2) is 206 Å². The Hall–Kier alpha value is -7.42. The lowest BCUT2D eigenvalue weighted by Crippen LogP contribution is -2.14. The predicted molar refractivity (Wildman–Crippen MR) is 247 cm³/mol. The van der Waals surface area contributed by atoms with Crippen molar-refractivity contribution in [2.45, 2.75) is 19.3 Å². The van der Waals surface area contributed by atoms with Gasteiger partial charge >= 0.3 is 0 Å². The lowest BCUT2D eigenvalue weighted by molar-refractivity contribution is 0.660. The van der Waals surface area contributed by atoms with Gasteiger partial charge in [-0.1, -0.05) is 202 Å². The van der Waals surface area contributed by atoms with Gasteiger partial charge < -0.3 is 0 Å². The number of nitrogens with zero attached hydrogens (tertiary/aromatic N) is 2. The third-order valence-electron chi connectivity index (χ3n) is 12.3. The molecule has 0 unspecified atom stereocenters. The molecule has 1 aliphatic carbocycles. The van der Waals surface area contributed by atoms with E-state index in [1.807, 2.05) is 18.2 Å². The minimum absolute atomic E-state index is 0.0479. The third kappa shape index (κ3) is 5.96. The summed E-state index contributed by atoms with van der Waals surface area (Å²) in [5, 5.41) is 4.83. The van der Waals surface area contributed by atoms with Gasteiger partial charge in [0.1, 0.15) is 0 Å². The van der Waals surface area contributed by atoms with Gasteiger partial charge in [-0.05, 0) is 95.4 Å². The van der Waals surface area contributed by atoms with E-state index in [2.05, 4.69) is 202 Å². The van der Waals surface area contributed by atoms with Crippen LogP contribution in [0, 0.1) is 0 Å². The van der Waals surface area contributed by atoms with Crippen LogP contribution in [0.25, 0.3) is 100.0 Å². The van der Waals surface area contributed by atoms with Crippen LogP contribution in [-0.4, -0.2) is 9.97 Å². The van der Waals surface area contributed by atoms with Crippen molar-refractivity contribution in [3.8, 4) is 78.4 Å². The van der Waals surface area contributed by atoms with Crippen LogP contribution < -0.4 is 0 Å². The Morgan fingerprint density at radius 3 is 1.68 bits per heavy atom. The Bertz CT molecular complexity index is 3230. The fourth-order valence-electron chi connectivity index (χ4n) is 9.27. The summed E-state index contributed by atoms with van der Waals surface area (Å²) in [5.74, 6) is 0.706. The van der Waals surface area contributed by atoms with Gasteiger partial charge in [0.25, 0.3) is 0 Å². The second kappa shape index (κ2) is 13.9. The normalized spacial score (nSPS) is 12.7. The summed E-state index contributed by atoms with van der Waals surface area (Å²) in [6.45, 7) is 4.69. The maximum Gasteiger partial charge on any atom is 0.160 e. The number of rotatable bonds is 6. The molecule has 0 fully saturated rings. The number of hydrogen-bond donors (Lipinski definition) is 0. The zero-order chi connectivity index (χ0) is 39.5. The van der Waals surface area contributed by atoms with Crippen molar-refractivity contribution in [1.82, 2.24) is 9.97 Å². The molecule has 0 spiro atoms. The molecule has 0 bridgehead atoms. The van der Waals surface area contributed by atoms with Gasteiger partial charge in [0.15, 0.2) is 5.82 Å². The van der Waals surface area contributed by atoms with Crippen LogP contribution in [0.3, 0.4) is 0 Å². The molecule has 0 amide bonds. The molecule has 0 aliphatic heterocycles. The highest BCUT2D eigenvalue weighted by Crippen LogP contribution is 2.49. The molecule has 0 saturated heterocycles. The molecule has 0 saturated carbocycles. The SMILES string of the molecule is CC1(C)c2ccccc2-c2ccc(-c3cccc(-c4ccc(-c5cc(-c6ccc(-c7cccc8ccccc78)cc6)nc(-c6ccccc6)n5)c5ccccc45)c3)cc21. The van der Waals surface area contributed by atoms with Crippen LogP contribution in [0.5, 0.6) is 0 Å². The van der Waals surface area contributed by atoms with Crippen molar-refractivity contribution >= 4 is 21.5 Å². The first-order valence-corrected chi connectivity index (χ1v) is 20.4. The summed E-state index contributed by atoms with van der Waals surface area (Å²) >= 11 is 0. The smallest absolute Gasteiger partial charge is 0.160 e. The number of aromatic nitrogens is 2. The molecule has 11 rings (SSSR count). The molecule has 1 aliphatic rings. The molecular formula is C57H40N2. The van der Waals surface area contributed by atoms with Gasteiger partial charge in [0.2, 0.25) is 0 Å². The Labute approximate surface area is 345 Å². The molecule has 2 nitrogen and oxygen atoms in total. The van der Waals surface area contributed by atoms with Crippen molar-refractivity contribution in [3.63, 3.8) is 0 Å². The molecule has 0 N–H and O–H groups in total. The van der Waals surface area contributed by atoms with Gasteiger partial charge in [0, 0.05) is 22.1 Å². The van der Waals surface area contributed by atoms with Crippen molar-refractivity contribution in [3.05, 3.63) is 217 Å². The predicted octanol–water partition coefficient (Wildman–Crippen LogP) is 15.1. The van der Waals surface area contributed by atoms with Crippen LogP contribution in [0.4, 0.5) is 0 Å². The first kappa shape index (κ1) is 34.8. The average molecular weight is 753 g/mol. The van der Waals surface area contributed by atoms with E-state index in [1.54, 1.807) is 0 Å². The minimum Gasteiger partial charge on any atom is -0.228 e. The van der Waals surface area contributed by atoms with Crippen molar-refractivity contribution in [2.24, 2.45) is 0 Å². The van der Waals surface area contributed by atoms with Crippen molar-refractivity contribution in [2.75, 3.05) is 0 Å². The van der Waals surface area contributed by atoms with E-state index in [0.29, 0.717) is 5.82 Å². The minimum atomic E-state index is -0.0479. The topological polar surface area (TPSA) is 25.8 Å². The molecule has 278 valence electrons. The zero-order valence-corrected chi connectivity index (χ0v) is 33.0. The van der Waals surface area contributed by atoms with E-state index in [1.165, 1.54) is 71.8 Å². The fraction of sp³-hybridized carbons (Fsp3) is 0.0526. The first-order chi connectivity index (χ1) is 29.0. The quantitative estimate of drug-likeness (QED) is 0.169. The Kier molecular flexibility index (Phi) is 8.20. The zero-order valence-electron chi connectivity index (χ0n) is 33.0. The van der Waals surface area contributed by atoms with E-state index in [9.17, 15) is 0 Å². The maximum atomic E-state index is 5.25. The lowest BCUT2D eigenvalue weighted by atomic mass is 9.81. The van der Waals surface area contributed by atoms with Gasteiger partial charge in [-0.3, -0.25) is 0 Å². The van der Waals surface area contributed by atoms with Crippen molar-refractivity contribution in [1.29, 1.82) is 0 Å². The monoisotopic (exact) mass is 752 g/mol. The highest BCUT2D eigenvalue weighted by molar-refractivity contribution is 6.05. The van der Waals surface area contributed by atoms with Gasteiger partial charge in [0.05, 0.1) is 11.4 Å². The van der Waals surface area contributed by atoms with E-state index in [4.69, 9.17) is 9.97 Å². The summed E-state index contributed by atoms with van der Waals surface area (Å²) in [4.78, 5) is 10.4. The van der Waals surface area contributed by atoms with Gasteiger partial charge in [-0.25, -0.2) is 9.97 Å². The highest BCUT2D eigenvalue weighted by Gasteiger charge is 2.35. The molecule has 0 radical (unpaired) electrons. The second-order valence-corrected chi connectivity index (χ2v) is 16.2. The summed E-state index contributed by atoms with van der Waals surface area (Å²) in [6.07, 6.45) is 0. The molecule has 1 heterocycles. The van der Waals surface area contributed by atoms with Crippen LogP contribution in [0.1, 0.15) is 25.0 Å². The molecule has 10 aromatic rings. The summed E-state index contributed by atoms with van der Waals surface area (Å²) in [6, 6.07) is 74.4. The lowest BCUT2D eigenvalue weighted by Gasteiger charge is -2.22. The largest absolute Gasteiger partial charge is 0.228 e. The maximum absolute atomic E-state index is 5.25. The molecule has 0 atom stereocenters. The van der Waals surface area contributed by atoms with E-state index < -0.39 is 0 Å². The van der Waals surface area contributed by atoms with Gasteiger partial charge in [-0.2, -0.15) is 0 Å². The molecule has 59 heavy (non-hydrogen) atoms. The van der Waals surface area contributed by atoms with Crippen LogP contribution in [0.2, 0.25) is 0 Å². The number of hydrogen-bond acceptors (Lipinski definition) is 2. The third-order valence-corrected chi connectivity index (χ3v) is 12.3. The number of fused-ring (bicyclic) bond motifs is 5. The number of benzene rings is 9. The van der Waals surface area contributed by atoms with Crippen LogP contribution >= 0.6 is 0 Å². The Morgan fingerprint density at radius 2 is 0.831 bits per heavy atom. The molecule has 1 aromatic heterocycles. The van der Waals surface area contributed by atoms with Crippen molar-refractivity contribution < 1.29 is 0 Å². The molecule has 9 aromatic carbocycles. The Morgan fingerprint density at radius 1 is 0.305 bits per heavy atom. The Balaban J connectivity index is 0.995.